The fourth-order valence-corrected chi connectivity index (χ4v) is 1.98. The lowest BCUT2D eigenvalue weighted by molar-refractivity contribution is -0.159. The van der Waals surface area contributed by atoms with Gasteiger partial charge in [0.1, 0.15) is 5.75 Å². The van der Waals surface area contributed by atoms with Crippen LogP contribution < -0.4 is 10.1 Å². The summed E-state index contributed by atoms with van der Waals surface area (Å²) in [5.74, 6) is -2.72. The van der Waals surface area contributed by atoms with Crippen LogP contribution >= 0.6 is 0 Å². The zero-order chi connectivity index (χ0) is 18.4. The van der Waals surface area contributed by atoms with E-state index in [1.54, 1.807) is 7.11 Å². The molecule has 0 aliphatic rings. The quantitative estimate of drug-likeness (QED) is 0.464. The Kier molecular flexibility index (Phi) is 12.2. The van der Waals surface area contributed by atoms with Crippen LogP contribution in [0.1, 0.15) is 25.8 Å². The summed E-state index contributed by atoms with van der Waals surface area (Å²) in [5.41, 5.74) is 1.28. The van der Waals surface area contributed by atoms with Crippen molar-refractivity contribution in [3.8, 4) is 5.75 Å². The smallest absolute Gasteiger partial charge is 0.414 e. The molecule has 0 fully saturated rings. The normalized spacial score (nSPS) is 10.0. The zero-order valence-corrected chi connectivity index (χ0v) is 14.6. The second-order valence-electron chi connectivity index (χ2n) is 5.02. The Bertz CT molecular complexity index is 478. The Labute approximate surface area is 143 Å². The number of ether oxygens (including phenoxy) is 1. The highest BCUT2D eigenvalue weighted by molar-refractivity contribution is 6.27. The highest BCUT2D eigenvalue weighted by Crippen LogP contribution is 2.11. The van der Waals surface area contributed by atoms with Crippen molar-refractivity contribution >= 4 is 11.9 Å². The Morgan fingerprint density at radius 1 is 1.17 bits per heavy atom. The fourth-order valence-electron chi connectivity index (χ4n) is 1.98. The van der Waals surface area contributed by atoms with Crippen molar-refractivity contribution in [3.05, 3.63) is 29.8 Å². The second kappa shape index (κ2) is 13.3. The molecule has 0 heterocycles. The molecule has 0 aromatic heterocycles. The minimum absolute atomic E-state index is 0.912. The fraction of sp³-hybridized carbons (Fsp3) is 0.529. The summed E-state index contributed by atoms with van der Waals surface area (Å²) >= 11 is 0. The van der Waals surface area contributed by atoms with E-state index in [1.165, 1.54) is 18.5 Å². The highest BCUT2D eigenvalue weighted by atomic mass is 16.5. The van der Waals surface area contributed by atoms with Crippen LogP contribution in [0.25, 0.3) is 0 Å². The van der Waals surface area contributed by atoms with E-state index in [2.05, 4.69) is 36.2 Å². The van der Waals surface area contributed by atoms with Crippen molar-refractivity contribution < 1.29 is 24.5 Å². The highest BCUT2D eigenvalue weighted by Gasteiger charge is 2.04. The van der Waals surface area contributed by atoms with Gasteiger partial charge in [0.15, 0.2) is 0 Å². The maximum Gasteiger partial charge on any atom is 0.414 e. The maximum absolute atomic E-state index is 9.10. The van der Waals surface area contributed by atoms with E-state index in [0.717, 1.165) is 31.9 Å². The van der Waals surface area contributed by atoms with Crippen molar-refractivity contribution in [1.29, 1.82) is 0 Å². The summed E-state index contributed by atoms with van der Waals surface area (Å²) in [7, 11) is 1.70. The lowest BCUT2D eigenvalue weighted by atomic mass is 10.2. The molecule has 0 atom stereocenters. The van der Waals surface area contributed by atoms with E-state index in [9.17, 15) is 0 Å². The topological polar surface area (TPSA) is 99.1 Å². The van der Waals surface area contributed by atoms with Gasteiger partial charge in [-0.3, -0.25) is 0 Å². The van der Waals surface area contributed by atoms with E-state index in [1.807, 2.05) is 12.1 Å². The van der Waals surface area contributed by atoms with Crippen molar-refractivity contribution in [2.75, 3.05) is 33.3 Å². The number of hydrogen-bond donors (Lipinski definition) is 3. The summed E-state index contributed by atoms with van der Waals surface area (Å²) in [6.45, 7) is 9.88. The first-order valence-corrected chi connectivity index (χ1v) is 7.96. The minimum Gasteiger partial charge on any atom is -0.497 e. The number of carboxylic acids is 2. The van der Waals surface area contributed by atoms with Gasteiger partial charge in [0.2, 0.25) is 0 Å². The number of carbonyl (C=O) groups is 2. The molecule has 0 saturated heterocycles. The molecule has 3 N–H and O–H groups in total. The van der Waals surface area contributed by atoms with Gasteiger partial charge in [0, 0.05) is 6.54 Å². The summed E-state index contributed by atoms with van der Waals surface area (Å²) in [4.78, 5) is 20.7. The van der Waals surface area contributed by atoms with Gasteiger partial charge in [-0.2, -0.15) is 0 Å². The van der Waals surface area contributed by atoms with Gasteiger partial charge in [0.05, 0.1) is 7.11 Å². The van der Waals surface area contributed by atoms with Gasteiger partial charge < -0.3 is 25.2 Å². The average Bonchev–Trinajstić information content (AvgIpc) is 2.58. The van der Waals surface area contributed by atoms with Crippen LogP contribution in [0.5, 0.6) is 5.75 Å². The monoisotopic (exact) mass is 340 g/mol. The number of hydrogen-bond acceptors (Lipinski definition) is 5. The number of aliphatic carboxylic acids is 2. The van der Waals surface area contributed by atoms with Crippen molar-refractivity contribution in [3.63, 3.8) is 0 Å². The molecule has 7 nitrogen and oxygen atoms in total. The third-order valence-corrected chi connectivity index (χ3v) is 3.37. The number of nitrogens with one attached hydrogen (secondary N) is 1. The average molecular weight is 340 g/mol. The van der Waals surface area contributed by atoms with E-state index in [0.29, 0.717) is 0 Å². The third-order valence-electron chi connectivity index (χ3n) is 3.37. The van der Waals surface area contributed by atoms with Crippen LogP contribution in [0.15, 0.2) is 24.3 Å². The van der Waals surface area contributed by atoms with Crippen LogP contribution in [0.2, 0.25) is 0 Å². The van der Waals surface area contributed by atoms with Gasteiger partial charge >= 0.3 is 11.9 Å². The standard InChI is InChI=1S/C15H26N2O.C2H2O4/c1-4-17(5-2)11-7-10-16-13-14-8-6-9-15(12-14)18-3;3-1(4)2(5)6/h6,8-9,12,16H,4-5,7,10-11,13H2,1-3H3;(H,3,4)(H,5,6). The van der Waals surface area contributed by atoms with Gasteiger partial charge in [-0.25, -0.2) is 9.59 Å². The molecular weight excluding hydrogens is 312 g/mol. The first-order valence-electron chi connectivity index (χ1n) is 7.96. The third kappa shape index (κ3) is 10.6. The Balaban J connectivity index is 0.000000754. The molecule has 0 bridgehead atoms. The summed E-state index contributed by atoms with van der Waals surface area (Å²) in [5, 5.41) is 18.3. The van der Waals surface area contributed by atoms with Gasteiger partial charge in [-0.05, 0) is 50.3 Å². The molecule has 0 aliphatic heterocycles. The zero-order valence-electron chi connectivity index (χ0n) is 14.6. The number of benzene rings is 1. The number of rotatable bonds is 9. The molecule has 1 rings (SSSR count). The predicted octanol–water partition coefficient (Wildman–Crippen LogP) is 1.67. The maximum atomic E-state index is 9.10. The number of methoxy groups -OCH3 is 1. The predicted molar refractivity (Wildman–Crippen MR) is 92.4 cm³/mol. The lowest BCUT2D eigenvalue weighted by Gasteiger charge is -2.17. The largest absolute Gasteiger partial charge is 0.497 e. The summed E-state index contributed by atoms with van der Waals surface area (Å²) in [6, 6.07) is 8.22. The Morgan fingerprint density at radius 2 is 1.79 bits per heavy atom. The molecule has 0 unspecified atom stereocenters. The summed E-state index contributed by atoms with van der Waals surface area (Å²) < 4.78 is 5.21. The first kappa shape index (κ1) is 21.9. The SMILES string of the molecule is CCN(CC)CCCNCc1cccc(OC)c1.O=C(O)C(=O)O. The second-order valence-corrected chi connectivity index (χ2v) is 5.02. The lowest BCUT2D eigenvalue weighted by Crippen LogP contribution is -2.27. The minimum atomic E-state index is -1.82. The molecule has 0 aliphatic carbocycles. The molecule has 0 amide bonds. The molecule has 24 heavy (non-hydrogen) atoms. The summed E-state index contributed by atoms with van der Waals surface area (Å²) in [6.07, 6.45) is 1.20. The molecule has 1 aromatic rings. The van der Waals surface area contributed by atoms with Crippen molar-refractivity contribution in [2.45, 2.75) is 26.8 Å². The van der Waals surface area contributed by atoms with Gasteiger partial charge in [-0.1, -0.05) is 26.0 Å². The molecular formula is C17H28N2O5. The van der Waals surface area contributed by atoms with Crippen molar-refractivity contribution in [2.24, 2.45) is 0 Å². The van der Waals surface area contributed by atoms with Crippen LogP contribution in [0, 0.1) is 0 Å². The van der Waals surface area contributed by atoms with E-state index >= 15 is 0 Å². The van der Waals surface area contributed by atoms with Gasteiger partial charge in [0.25, 0.3) is 0 Å². The number of carboxylic acid groups (broad SMARTS) is 2. The molecule has 1 aromatic carbocycles. The van der Waals surface area contributed by atoms with Crippen LogP contribution in [-0.2, 0) is 16.1 Å². The number of nitrogens with zero attached hydrogens (tertiary/aromatic N) is 1. The van der Waals surface area contributed by atoms with Crippen LogP contribution in [0.3, 0.4) is 0 Å². The molecule has 0 spiro atoms. The Hall–Kier alpha value is -2.12. The Morgan fingerprint density at radius 3 is 2.29 bits per heavy atom. The molecule has 136 valence electrons. The molecule has 0 radical (unpaired) electrons. The van der Waals surface area contributed by atoms with E-state index in [4.69, 9.17) is 24.5 Å². The van der Waals surface area contributed by atoms with E-state index in [-0.39, 0.29) is 0 Å². The molecule has 0 saturated carbocycles. The van der Waals surface area contributed by atoms with E-state index < -0.39 is 11.9 Å². The molecule has 7 heteroatoms. The van der Waals surface area contributed by atoms with Crippen LogP contribution in [-0.4, -0.2) is 60.3 Å². The van der Waals surface area contributed by atoms with Crippen LogP contribution in [0.4, 0.5) is 0 Å². The first-order chi connectivity index (χ1) is 11.4. The van der Waals surface area contributed by atoms with Crippen molar-refractivity contribution in [1.82, 2.24) is 10.2 Å². The van der Waals surface area contributed by atoms with Gasteiger partial charge in [-0.15, -0.1) is 0 Å².